The highest BCUT2D eigenvalue weighted by atomic mass is 19.4. The molecule has 0 bridgehead atoms. The molecule has 24 heavy (non-hydrogen) atoms. The summed E-state index contributed by atoms with van der Waals surface area (Å²) < 4.78 is 50.6. The molecule has 1 aliphatic rings. The highest BCUT2D eigenvalue weighted by Gasteiger charge is 2.23. The Labute approximate surface area is 141 Å². The van der Waals surface area contributed by atoms with Gasteiger partial charge in [-0.2, -0.15) is 13.2 Å². The van der Waals surface area contributed by atoms with Crippen molar-refractivity contribution in [1.82, 2.24) is 0 Å². The standard InChI is InChI=1S/C20H24F4/c1-2-3-4-5-15-6-8-16(9-7-15)18-11-10-17(19(21)14-18)12-13-20(22,23)24/h4-5,10-16H,2-3,6-9H2,1H3/b5-4+,13-12+. The molecule has 132 valence electrons. The maximum absolute atomic E-state index is 14.0. The third-order valence-corrected chi connectivity index (χ3v) is 4.58. The Hall–Kier alpha value is -1.58. The van der Waals surface area contributed by atoms with Crippen molar-refractivity contribution in [2.24, 2.45) is 5.92 Å². The van der Waals surface area contributed by atoms with Gasteiger partial charge in [-0.15, -0.1) is 0 Å². The van der Waals surface area contributed by atoms with Gasteiger partial charge < -0.3 is 0 Å². The third-order valence-electron chi connectivity index (χ3n) is 4.58. The van der Waals surface area contributed by atoms with Crippen molar-refractivity contribution in [3.8, 4) is 0 Å². The van der Waals surface area contributed by atoms with Crippen LogP contribution < -0.4 is 0 Å². The van der Waals surface area contributed by atoms with Crippen molar-refractivity contribution in [3.05, 3.63) is 53.4 Å². The Bertz CT molecular complexity index is 576. The Kier molecular flexibility index (Phi) is 6.64. The summed E-state index contributed by atoms with van der Waals surface area (Å²) in [6, 6.07) is 4.60. The van der Waals surface area contributed by atoms with Crippen LogP contribution in [0.4, 0.5) is 17.6 Å². The zero-order chi connectivity index (χ0) is 17.6. The van der Waals surface area contributed by atoms with Crippen LogP contribution in [0.25, 0.3) is 6.08 Å². The summed E-state index contributed by atoms with van der Waals surface area (Å²) in [5.41, 5.74) is 0.875. The fraction of sp³-hybridized carbons (Fsp3) is 0.500. The summed E-state index contributed by atoms with van der Waals surface area (Å²) >= 11 is 0. The lowest BCUT2D eigenvalue weighted by Gasteiger charge is -2.27. The van der Waals surface area contributed by atoms with E-state index in [2.05, 4.69) is 19.1 Å². The van der Waals surface area contributed by atoms with E-state index in [9.17, 15) is 17.6 Å². The van der Waals surface area contributed by atoms with Gasteiger partial charge in [0, 0.05) is 11.6 Å². The Morgan fingerprint density at radius 1 is 1.12 bits per heavy atom. The third kappa shape index (κ3) is 5.81. The van der Waals surface area contributed by atoms with Crippen molar-refractivity contribution in [2.45, 2.75) is 57.5 Å². The molecule has 1 aromatic carbocycles. The highest BCUT2D eigenvalue weighted by Crippen LogP contribution is 2.37. The molecule has 1 aromatic rings. The van der Waals surface area contributed by atoms with Gasteiger partial charge in [0.05, 0.1) is 0 Å². The molecule has 0 aliphatic heterocycles. The average Bonchev–Trinajstić information content (AvgIpc) is 2.54. The van der Waals surface area contributed by atoms with Crippen molar-refractivity contribution < 1.29 is 17.6 Å². The van der Waals surface area contributed by atoms with Crippen LogP contribution in [-0.2, 0) is 0 Å². The van der Waals surface area contributed by atoms with Crippen LogP contribution in [0.5, 0.6) is 0 Å². The summed E-state index contributed by atoms with van der Waals surface area (Å²) in [7, 11) is 0. The van der Waals surface area contributed by atoms with E-state index in [4.69, 9.17) is 0 Å². The van der Waals surface area contributed by atoms with Crippen LogP contribution in [0.15, 0.2) is 36.4 Å². The molecule has 2 rings (SSSR count). The fourth-order valence-electron chi connectivity index (χ4n) is 3.22. The molecule has 0 saturated heterocycles. The molecule has 0 amide bonds. The van der Waals surface area contributed by atoms with Crippen LogP contribution in [0.1, 0.15) is 62.5 Å². The van der Waals surface area contributed by atoms with E-state index in [0.29, 0.717) is 11.8 Å². The maximum Gasteiger partial charge on any atom is 0.409 e. The molecule has 0 spiro atoms. The van der Waals surface area contributed by atoms with Gasteiger partial charge in [0.25, 0.3) is 0 Å². The smallest absolute Gasteiger partial charge is 0.206 e. The van der Waals surface area contributed by atoms with E-state index in [-0.39, 0.29) is 11.6 Å². The summed E-state index contributed by atoms with van der Waals surface area (Å²) in [5.74, 6) is 0.320. The summed E-state index contributed by atoms with van der Waals surface area (Å²) in [6.45, 7) is 2.16. The number of benzene rings is 1. The van der Waals surface area contributed by atoms with Crippen molar-refractivity contribution >= 4 is 6.08 Å². The second kappa shape index (κ2) is 8.50. The number of alkyl halides is 3. The first kappa shape index (κ1) is 18.8. The van der Waals surface area contributed by atoms with Gasteiger partial charge in [0.2, 0.25) is 0 Å². The molecule has 0 heterocycles. The van der Waals surface area contributed by atoms with E-state index in [0.717, 1.165) is 50.2 Å². The summed E-state index contributed by atoms with van der Waals surface area (Å²) in [5, 5.41) is 0. The highest BCUT2D eigenvalue weighted by molar-refractivity contribution is 5.51. The zero-order valence-electron chi connectivity index (χ0n) is 14.0. The molecule has 0 atom stereocenters. The molecule has 0 nitrogen and oxygen atoms in total. The Balaban J connectivity index is 1.97. The number of rotatable bonds is 5. The maximum atomic E-state index is 14.0. The number of halogens is 4. The molecule has 0 unspecified atom stereocenters. The minimum Gasteiger partial charge on any atom is -0.206 e. The quantitative estimate of drug-likeness (QED) is 0.398. The number of allylic oxidation sites excluding steroid dienone is 3. The van der Waals surface area contributed by atoms with Gasteiger partial charge in [-0.3, -0.25) is 0 Å². The fourth-order valence-corrected chi connectivity index (χ4v) is 3.22. The number of hydrogen-bond acceptors (Lipinski definition) is 0. The van der Waals surface area contributed by atoms with Gasteiger partial charge >= 0.3 is 6.18 Å². The Morgan fingerprint density at radius 2 is 1.83 bits per heavy atom. The number of unbranched alkanes of at least 4 members (excludes halogenated alkanes) is 1. The molecular weight excluding hydrogens is 316 g/mol. The first-order valence-electron chi connectivity index (χ1n) is 8.61. The summed E-state index contributed by atoms with van der Waals surface area (Å²) in [6.07, 6.45) is 7.40. The van der Waals surface area contributed by atoms with Crippen molar-refractivity contribution in [3.63, 3.8) is 0 Å². The molecule has 1 saturated carbocycles. The van der Waals surface area contributed by atoms with Gasteiger partial charge in [-0.25, -0.2) is 4.39 Å². The first-order valence-corrected chi connectivity index (χ1v) is 8.61. The lowest BCUT2D eigenvalue weighted by Crippen LogP contribution is -2.12. The van der Waals surface area contributed by atoms with Gasteiger partial charge in [-0.05, 0) is 61.6 Å². The van der Waals surface area contributed by atoms with Crippen LogP contribution in [-0.4, -0.2) is 6.18 Å². The van der Waals surface area contributed by atoms with Crippen LogP contribution >= 0.6 is 0 Å². The monoisotopic (exact) mass is 340 g/mol. The minimum atomic E-state index is -4.42. The van der Waals surface area contributed by atoms with E-state index in [1.165, 1.54) is 12.1 Å². The normalized spacial score (nSPS) is 22.5. The van der Waals surface area contributed by atoms with E-state index >= 15 is 0 Å². The second-order valence-electron chi connectivity index (χ2n) is 6.48. The average molecular weight is 340 g/mol. The minimum absolute atomic E-state index is 0.0211. The summed E-state index contributed by atoms with van der Waals surface area (Å²) in [4.78, 5) is 0. The number of hydrogen-bond donors (Lipinski definition) is 0. The molecular formula is C20H24F4. The lowest BCUT2D eigenvalue weighted by atomic mass is 9.78. The molecule has 4 heteroatoms. The van der Waals surface area contributed by atoms with Crippen LogP contribution in [0, 0.1) is 11.7 Å². The zero-order valence-corrected chi connectivity index (χ0v) is 14.0. The van der Waals surface area contributed by atoms with E-state index < -0.39 is 12.0 Å². The SMILES string of the molecule is CCC/C=C/C1CCC(c2ccc(/C=C/C(F)(F)F)c(F)c2)CC1. The van der Waals surface area contributed by atoms with Crippen LogP contribution in [0.2, 0.25) is 0 Å². The molecule has 0 radical (unpaired) electrons. The molecule has 0 aromatic heterocycles. The largest absolute Gasteiger partial charge is 0.409 e. The van der Waals surface area contributed by atoms with Gasteiger partial charge in [0.15, 0.2) is 0 Å². The van der Waals surface area contributed by atoms with Crippen molar-refractivity contribution in [1.29, 1.82) is 0 Å². The lowest BCUT2D eigenvalue weighted by molar-refractivity contribution is -0.0790. The predicted molar refractivity (Wildman–Crippen MR) is 90.2 cm³/mol. The van der Waals surface area contributed by atoms with Gasteiger partial charge in [0.1, 0.15) is 5.82 Å². The van der Waals surface area contributed by atoms with E-state index in [1.807, 2.05) is 0 Å². The molecule has 0 N–H and O–H groups in total. The first-order chi connectivity index (χ1) is 11.4. The predicted octanol–water partition coefficient (Wildman–Crippen LogP) is 7.03. The van der Waals surface area contributed by atoms with Gasteiger partial charge in [-0.1, -0.05) is 37.6 Å². The molecule has 1 aliphatic carbocycles. The topological polar surface area (TPSA) is 0 Å². The Morgan fingerprint density at radius 3 is 2.42 bits per heavy atom. The molecule has 1 fully saturated rings. The van der Waals surface area contributed by atoms with Crippen molar-refractivity contribution in [2.75, 3.05) is 0 Å². The second-order valence-corrected chi connectivity index (χ2v) is 6.48. The van der Waals surface area contributed by atoms with Crippen LogP contribution in [0.3, 0.4) is 0 Å². The van der Waals surface area contributed by atoms with E-state index in [1.54, 1.807) is 6.07 Å².